The number of phenolic OH excluding ortho intramolecular Hbond substituents is 2. The van der Waals surface area contributed by atoms with Crippen LogP contribution in [0.5, 0.6) is 11.5 Å². The number of amides is 1. The molecule has 3 aromatic carbocycles. The average Bonchev–Trinajstić information content (AvgIpc) is 2.76. The number of hydrogen-bond acceptors (Lipinski definition) is 6. The standard InChI is InChI=1S/C25H23NO6/c1-25(2,32)24(31)26-18-5-3-4-17(12-18)23(19-10-15(13-27)6-8-21(19)29)20-11-16(14-28)7-9-22(20)30/h3-14,23,29-30,32H,1-2H3,(H,26,31). The summed E-state index contributed by atoms with van der Waals surface area (Å²) >= 11 is 0. The monoisotopic (exact) mass is 433 g/mol. The molecule has 1 amide bonds. The zero-order valence-corrected chi connectivity index (χ0v) is 17.6. The van der Waals surface area contributed by atoms with Gasteiger partial charge in [0, 0.05) is 33.9 Å². The van der Waals surface area contributed by atoms with Gasteiger partial charge in [-0.1, -0.05) is 12.1 Å². The summed E-state index contributed by atoms with van der Waals surface area (Å²) in [5.74, 6) is -1.60. The molecule has 0 bridgehead atoms. The van der Waals surface area contributed by atoms with Gasteiger partial charge in [-0.3, -0.25) is 14.4 Å². The fraction of sp³-hybridized carbons (Fsp3) is 0.160. The van der Waals surface area contributed by atoms with Gasteiger partial charge in [0.25, 0.3) is 5.91 Å². The van der Waals surface area contributed by atoms with Crippen LogP contribution in [0.2, 0.25) is 0 Å². The first kappa shape index (κ1) is 22.7. The second-order valence-electron chi connectivity index (χ2n) is 7.94. The maximum Gasteiger partial charge on any atom is 0.255 e. The summed E-state index contributed by atoms with van der Waals surface area (Å²) in [6.45, 7) is 2.72. The van der Waals surface area contributed by atoms with Crippen molar-refractivity contribution >= 4 is 24.2 Å². The van der Waals surface area contributed by atoms with Crippen molar-refractivity contribution in [1.82, 2.24) is 0 Å². The van der Waals surface area contributed by atoms with E-state index >= 15 is 0 Å². The van der Waals surface area contributed by atoms with Crippen LogP contribution >= 0.6 is 0 Å². The summed E-state index contributed by atoms with van der Waals surface area (Å²) < 4.78 is 0. The summed E-state index contributed by atoms with van der Waals surface area (Å²) in [7, 11) is 0. The first-order valence-electron chi connectivity index (χ1n) is 9.84. The van der Waals surface area contributed by atoms with Crippen molar-refractivity contribution in [2.45, 2.75) is 25.4 Å². The Morgan fingerprint density at radius 1 is 0.875 bits per heavy atom. The molecule has 0 atom stereocenters. The van der Waals surface area contributed by atoms with Crippen molar-refractivity contribution in [3.63, 3.8) is 0 Å². The smallest absolute Gasteiger partial charge is 0.255 e. The van der Waals surface area contributed by atoms with Crippen molar-refractivity contribution in [2.75, 3.05) is 5.32 Å². The van der Waals surface area contributed by atoms with Gasteiger partial charge in [0.1, 0.15) is 29.7 Å². The van der Waals surface area contributed by atoms with Gasteiger partial charge in [-0.05, 0) is 67.9 Å². The zero-order valence-electron chi connectivity index (χ0n) is 17.6. The highest BCUT2D eigenvalue weighted by molar-refractivity contribution is 5.96. The van der Waals surface area contributed by atoms with Crippen LogP contribution < -0.4 is 5.32 Å². The van der Waals surface area contributed by atoms with Crippen LogP contribution in [-0.2, 0) is 4.79 Å². The van der Waals surface area contributed by atoms with E-state index in [4.69, 9.17) is 0 Å². The minimum atomic E-state index is -1.59. The van der Waals surface area contributed by atoms with Crippen LogP contribution in [0.3, 0.4) is 0 Å². The van der Waals surface area contributed by atoms with Crippen LogP contribution in [0.15, 0.2) is 60.7 Å². The summed E-state index contributed by atoms with van der Waals surface area (Å²) in [5.41, 5.74) is 0.660. The Bertz CT molecular complexity index is 1120. The Hall–Kier alpha value is -3.97. The van der Waals surface area contributed by atoms with Crippen LogP contribution in [0.1, 0.15) is 57.2 Å². The third kappa shape index (κ3) is 4.84. The van der Waals surface area contributed by atoms with Gasteiger partial charge >= 0.3 is 0 Å². The van der Waals surface area contributed by atoms with Gasteiger partial charge in [-0.25, -0.2) is 0 Å². The second-order valence-corrected chi connectivity index (χ2v) is 7.94. The maximum absolute atomic E-state index is 12.2. The number of benzene rings is 3. The van der Waals surface area contributed by atoms with E-state index in [1.165, 1.54) is 50.2 Å². The van der Waals surface area contributed by atoms with E-state index in [1.54, 1.807) is 24.3 Å². The molecule has 0 saturated carbocycles. The number of carbonyl (C=O) groups is 3. The summed E-state index contributed by atoms with van der Waals surface area (Å²) in [4.78, 5) is 34.9. The Balaban J connectivity index is 2.21. The van der Waals surface area contributed by atoms with Gasteiger partial charge in [0.15, 0.2) is 0 Å². The molecule has 0 aliphatic heterocycles. The zero-order chi connectivity index (χ0) is 23.5. The summed E-state index contributed by atoms with van der Waals surface area (Å²) in [6, 6.07) is 15.4. The van der Waals surface area contributed by atoms with Crippen molar-refractivity contribution in [1.29, 1.82) is 0 Å². The molecule has 0 unspecified atom stereocenters. The number of rotatable bonds is 7. The van der Waals surface area contributed by atoms with E-state index in [2.05, 4.69) is 5.32 Å². The third-order valence-corrected chi connectivity index (χ3v) is 5.03. The minimum absolute atomic E-state index is 0.109. The normalized spacial score (nSPS) is 11.2. The van der Waals surface area contributed by atoms with E-state index in [0.717, 1.165) is 0 Å². The molecule has 7 heteroatoms. The molecule has 4 N–H and O–H groups in total. The molecule has 0 aromatic heterocycles. The largest absolute Gasteiger partial charge is 0.508 e. The molecular weight excluding hydrogens is 410 g/mol. The Morgan fingerprint density at radius 2 is 1.41 bits per heavy atom. The molecule has 7 nitrogen and oxygen atoms in total. The van der Waals surface area contributed by atoms with Gasteiger partial charge < -0.3 is 20.6 Å². The number of anilines is 1. The van der Waals surface area contributed by atoms with Gasteiger partial charge in [-0.15, -0.1) is 0 Å². The van der Waals surface area contributed by atoms with Gasteiger partial charge in [0.2, 0.25) is 0 Å². The van der Waals surface area contributed by atoms with E-state index in [0.29, 0.717) is 46.1 Å². The third-order valence-electron chi connectivity index (χ3n) is 5.03. The van der Waals surface area contributed by atoms with Crippen LogP contribution in [0.25, 0.3) is 0 Å². The highest BCUT2D eigenvalue weighted by atomic mass is 16.3. The topological polar surface area (TPSA) is 124 Å². The number of hydrogen-bond donors (Lipinski definition) is 4. The predicted octanol–water partition coefficient (Wildman–Crippen LogP) is 3.61. The molecule has 0 aliphatic rings. The fourth-order valence-corrected chi connectivity index (χ4v) is 3.36. The van der Waals surface area contributed by atoms with Crippen LogP contribution in [0, 0.1) is 0 Å². The van der Waals surface area contributed by atoms with Gasteiger partial charge in [-0.2, -0.15) is 0 Å². The molecule has 3 aromatic rings. The molecule has 0 aliphatic carbocycles. The highest BCUT2D eigenvalue weighted by Crippen LogP contribution is 2.41. The first-order chi connectivity index (χ1) is 15.1. The van der Waals surface area contributed by atoms with Crippen molar-refractivity contribution in [3.8, 4) is 11.5 Å². The predicted molar refractivity (Wildman–Crippen MR) is 119 cm³/mol. The Kier molecular flexibility index (Phi) is 6.41. The highest BCUT2D eigenvalue weighted by Gasteiger charge is 2.26. The van der Waals surface area contributed by atoms with E-state index in [9.17, 15) is 29.7 Å². The van der Waals surface area contributed by atoms with Gasteiger partial charge in [0.05, 0.1) is 0 Å². The summed E-state index contributed by atoms with van der Waals surface area (Å²) in [6.07, 6.45) is 1.28. The molecule has 0 spiro atoms. The SMILES string of the molecule is CC(C)(O)C(=O)Nc1cccc(C(c2cc(C=O)ccc2O)c2cc(C=O)ccc2O)c1. The molecule has 0 radical (unpaired) electrons. The molecule has 164 valence electrons. The quantitative estimate of drug-likeness (QED) is 0.333. The lowest BCUT2D eigenvalue weighted by Crippen LogP contribution is -2.36. The molecule has 32 heavy (non-hydrogen) atoms. The Morgan fingerprint density at radius 3 is 1.88 bits per heavy atom. The molecule has 0 saturated heterocycles. The number of nitrogens with one attached hydrogen (secondary N) is 1. The molecular formula is C25H23NO6. The number of aromatic hydroxyl groups is 2. The number of aliphatic hydroxyl groups is 1. The molecule has 0 heterocycles. The number of aldehydes is 2. The van der Waals surface area contributed by atoms with E-state index in [-0.39, 0.29) is 11.5 Å². The lowest BCUT2D eigenvalue weighted by molar-refractivity contribution is -0.130. The first-order valence-corrected chi connectivity index (χ1v) is 9.84. The number of phenols is 2. The van der Waals surface area contributed by atoms with Crippen LogP contribution in [0.4, 0.5) is 5.69 Å². The Labute approximate surface area is 185 Å². The number of carbonyl (C=O) groups excluding carboxylic acids is 3. The second kappa shape index (κ2) is 9.03. The van der Waals surface area contributed by atoms with E-state index in [1.807, 2.05) is 0 Å². The van der Waals surface area contributed by atoms with Crippen LogP contribution in [-0.4, -0.2) is 39.4 Å². The van der Waals surface area contributed by atoms with Crippen molar-refractivity contribution < 1.29 is 29.7 Å². The maximum atomic E-state index is 12.2. The fourth-order valence-electron chi connectivity index (χ4n) is 3.36. The van der Waals surface area contributed by atoms with E-state index < -0.39 is 17.4 Å². The van der Waals surface area contributed by atoms with Crippen molar-refractivity contribution in [2.24, 2.45) is 0 Å². The summed E-state index contributed by atoms with van der Waals surface area (Å²) in [5, 5.41) is 33.7. The average molecular weight is 433 g/mol. The molecule has 3 rings (SSSR count). The molecule has 0 fully saturated rings. The van der Waals surface area contributed by atoms with Crippen molar-refractivity contribution in [3.05, 3.63) is 88.5 Å². The lowest BCUT2D eigenvalue weighted by atomic mass is 9.83. The minimum Gasteiger partial charge on any atom is -0.508 e. The lowest BCUT2D eigenvalue weighted by Gasteiger charge is -2.23.